The lowest BCUT2D eigenvalue weighted by atomic mass is 10.3. The molecule has 0 aliphatic heterocycles. The van der Waals surface area contributed by atoms with Crippen molar-refractivity contribution in [2.24, 2.45) is 5.73 Å². The van der Waals surface area contributed by atoms with Crippen LogP contribution in [0.2, 0.25) is 5.02 Å². The Balaban J connectivity index is 3.01. The molecule has 100 valence electrons. The molecule has 0 fully saturated rings. The smallest absolute Gasteiger partial charge is 0.241 e. The average Bonchev–Trinajstić information content (AvgIpc) is 2.30. The predicted molar refractivity (Wildman–Crippen MR) is 76.8 cm³/mol. The number of nitrogens with two attached hydrogens (primary N) is 1. The highest BCUT2D eigenvalue weighted by Crippen LogP contribution is 2.28. The lowest BCUT2D eigenvalue weighted by molar-refractivity contribution is 0.415. The number of benzene rings is 1. The molecule has 0 aliphatic rings. The monoisotopic (exact) mass is 308 g/mol. The second-order valence-corrected chi connectivity index (χ2v) is 6.42. The maximum absolute atomic E-state index is 11.9. The highest BCUT2D eigenvalue weighted by atomic mass is 35.5. The van der Waals surface area contributed by atoms with E-state index < -0.39 is 15.3 Å². The fourth-order valence-electron chi connectivity index (χ4n) is 1.13. The van der Waals surface area contributed by atoms with Crippen LogP contribution in [-0.2, 0) is 10.0 Å². The molecule has 0 saturated carbocycles. The van der Waals surface area contributed by atoms with Gasteiger partial charge in [-0.15, -0.1) is 0 Å². The van der Waals surface area contributed by atoms with Crippen molar-refractivity contribution in [3.63, 3.8) is 0 Å². The molecule has 1 atom stereocenters. The van der Waals surface area contributed by atoms with Gasteiger partial charge in [0.05, 0.1) is 22.8 Å². The van der Waals surface area contributed by atoms with E-state index in [2.05, 4.69) is 16.9 Å². The zero-order chi connectivity index (χ0) is 13.9. The first-order valence-electron chi connectivity index (χ1n) is 4.92. The van der Waals surface area contributed by atoms with Crippen molar-refractivity contribution >= 4 is 44.5 Å². The third-order valence-electron chi connectivity index (χ3n) is 2.28. The van der Waals surface area contributed by atoms with E-state index in [1.807, 2.05) is 0 Å². The number of rotatable bonds is 5. The number of anilines is 1. The van der Waals surface area contributed by atoms with E-state index in [1.54, 1.807) is 0 Å². The van der Waals surface area contributed by atoms with Crippen LogP contribution in [0.1, 0.15) is 6.92 Å². The molecule has 0 saturated heterocycles. The minimum Gasteiger partial charge on any atom is -0.495 e. The Morgan fingerprint density at radius 2 is 2.17 bits per heavy atom. The van der Waals surface area contributed by atoms with E-state index in [0.29, 0.717) is 16.5 Å². The second-order valence-electron chi connectivity index (χ2n) is 3.54. The van der Waals surface area contributed by atoms with Crippen molar-refractivity contribution in [1.29, 1.82) is 0 Å². The highest BCUT2D eigenvalue weighted by molar-refractivity contribution is 7.95. The van der Waals surface area contributed by atoms with Crippen molar-refractivity contribution in [2.75, 3.05) is 11.8 Å². The molecule has 0 aromatic heterocycles. The summed E-state index contributed by atoms with van der Waals surface area (Å²) in [5.74, 6) is 0.375. The number of halogens is 1. The Labute approximate surface area is 116 Å². The van der Waals surface area contributed by atoms with Crippen LogP contribution < -0.4 is 15.2 Å². The molecule has 0 bridgehead atoms. The number of nitrogens with one attached hydrogen (secondary N) is 1. The molecule has 1 aromatic carbocycles. The number of hydrogen-bond donors (Lipinski definition) is 2. The summed E-state index contributed by atoms with van der Waals surface area (Å²) in [7, 11) is -2.22. The number of methoxy groups -OCH3 is 1. The number of sulfonamides is 1. The van der Waals surface area contributed by atoms with Gasteiger partial charge in [-0.1, -0.05) is 23.8 Å². The van der Waals surface area contributed by atoms with E-state index in [-0.39, 0.29) is 4.99 Å². The Bertz CT molecular complexity index is 560. The lowest BCUT2D eigenvalue weighted by Crippen LogP contribution is -2.35. The van der Waals surface area contributed by atoms with Crippen LogP contribution in [0, 0.1) is 0 Å². The normalized spacial score (nSPS) is 12.8. The summed E-state index contributed by atoms with van der Waals surface area (Å²) in [6.07, 6.45) is 0. The number of ether oxygens (including phenoxy) is 1. The average molecular weight is 309 g/mol. The molecule has 0 spiro atoms. The van der Waals surface area contributed by atoms with Gasteiger partial charge in [-0.05, 0) is 19.1 Å². The Hall–Kier alpha value is -1.05. The van der Waals surface area contributed by atoms with Crippen LogP contribution in [0.5, 0.6) is 5.75 Å². The van der Waals surface area contributed by atoms with Crippen molar-refractivity contribution in [2.45, 2.75) is 12.2 Å². The zero-order valence-corrected chi connectivity index (χ0v) is 12.2. The second kappa shape index (κ2) is 5.73. The number of thiocarbonyl (C=S) groups is 1. The van der Waals surface area contributed by atoms with Crippen molar-refractivity contribution in [3.05, 3.63) is 23.2 Å². The van der Waals surface area contributed by atoms with Gasteiger partial charge >= 0.3 is 0 Å². The van der Waals surface area contributed by atoms with Crippen molar-refractivity contribution in [3.8, 4) is 5.75 Å². The quantitative estimate of drug-likeness (QED) is 0.810. The van der Waals surface area contributed by atoms with E-state index >= 15 is 0 Å². The molecule has 8 heteroatoms. The molecule has 0 amide bonds. The van der Waals surface area contributed by atoms with Gasteiger partial charge in [-0.3, -0.25) is 4.72 Å². The third kappa shape index (κ3) is 3.47. The van der Waals surface area contributed by atoms with Gasteiger partial charge in [0, 0.05) is 6.07 Å². The van der Waals surface area contributed by atoms with Crippen LogP contribution in [0.3, 0.4) is 0 Å². The summed E-state index contributed by atoms with van der Waals surface area (Å²) >= 11 is 10.5. The topological polar surface area (TPSA) is 81.4 Å². The van der Waals surface area contributed by atoms with Crippen LogP contribution in [0.4, 0.5) is 5.69 Å². The first kappa shape index (κ1) is 15.0. The summed E-state index contributed by atoms with van der Waals surface area (Å²) in [5.41, 5.74) is 5.66. The van der Waals surface area contributed by atoms with E-state index in [0.717, 1.165) is 0 Å². The Morgan fingerprint density at radius 3 is 2.67 bits per heavy atom. The first-order chi connectivity index (χ1) is 8.27. The number of hydrogen-bond acceptors (Lipinski definition) is 4. The molecule has 0 radical (unpaired) electrons. The van der Waals surface area contributed by atoms with Gasteiger partial charge in [-0.2, -0.15) is 0 Å². The van der Waals surface area contributed by atoms with Crippen LogP contribution in [0.25, 0.3) is 0 Å². The summed E-state index contributed by atoms with van der Waals surface area (Å²) < 4.78 is 31.1. The fourth-order valence-corrected chi connectivity index (χ4v) is 2.64. The predicted octanol–water partition coefficient (Wildman–Crippen LogP) is 1.76. The molecule has 1 aromatic rings. The van der Waals surface area contributed by atoms with Gasteiger partial charge in [0.15, 0.2) is 0 Å². The first-order valence-corrected chi connectivity index (χ1v) is 7.25. The Morgan fingerprint density at radius 1 is 1.56 bits per heavy atom. The summed E-state index contributed by atoms with van der Waals surface area (Å²) in [6.45, 7) is 1.41. The molecule has 0 aliphatic carbocycles. The zero-order valence-electron chi connectivity index (χ0n) is 9.81. The van der Waals surface area contributed by atoms with E-state index in [9.17, 15) is 8.42 Å². The standard InChI is InChI=1S/C10H13ClN2O3S2/c1-6(10(12)17)18(14,15)13-7-3-4-8(11)9(5-7)16-2/h3-6,13H,1-2H3,(H2,12,17). The third-order valence-corrected chi connectivity index (χ3v) is 4.80. The molecule has 1 rings (SSSR count). The maximum Gasteiger partial charge on any atom is 0.241 e. The maximum atomic E-state index is 11.9. The summed E-state index contributed by atoms with van der Waals surface area (Å²) in [4.78, 5) is -0.0940. The summed E-state index contributed by atoms with van der Waals surface area (Å²) in [6, 6.07) is 4.53. The molecule has 0 heterocycles. The van der Waals surface area contributed by atoms with Crippen LogP contribution >= 0.6 is 23.8 Å². The molecule has 3 N–H and O–H groups in total. The van der Waals surface area contributed by atoms with Gasteiger partial charge in [-0.25, -0.2) is 8.42 Å². The fraction of sp³-hybridized carbons (Fsp3) is 0.300. The molecule has 18 heavy (non-hydrogen) atoms. The van der Waals surface area contributed by atoms with Crippen LogP contribution in [-0.4, -0.2) is 25.8 Å². The summed E-state index contributed by atoms with van der Waals surface area (Å²) in [5, 5.41) is -0.572. The minimum absolute atomic E-state index is 0.0940. The van der Waals surface area contributed by atoms with Crippen LogP contribution in [0.15, 0.2) is 18.2 Å². The van der Waals surface area contributed by atoms with Crippen molar-refractivity contribution in [1.82, 2.24) is 0 Å². The molecular weight excluding hydrogens is 296 g/mol. The van der Waals surface area contributed by atoms with E-state index in [4.69, 9.17) is 22.1 Å². The molecule has 5 nitrogen and oxygen atoms in total. The van der Waals surface area contributed by atoms with Gasteiger partial charge < -0.3 is 10.5 Å². The SMILES string of the molecule is COc1cc(NS(=O)(=O)C(C)C(N)=S)ccc1Cl. The lowest BCUT2D eigenvalue weighted by Gasteiger charge is -2.14. The Kier molecular flexibility index (Phi) is 4.78. The van der Waals surface area contributed by atoms with Gasteiger partial charge in [0.2, 0.25) is 10.0 Å². The highest BCUT2D eigenvalue weighted by Gasteiger charge is 2.23. The van der Waals surface area contributed by atoms with Crippen molar-refractivity contribution < 1.29 is 13.2 Å². The molecule has 1 unspecified atom stereocenters. The minimum atomic E-state index is -3.67. The van der Waals surface area contributed by atoms with Gasteiger partial charge in [0.1, 0.15) is 11.0 Å². The largest absolute Gasteiger partial charge is 0.495 e. The molecular formula is C10H13ClN2O3S2. The van der Waals surface area contributed by atoms with Gasteiger partial charge in [0.25, 0.3) is 0 Å². The van der Waals surface area contributed by atoms with E-state index in [1.165, 1.54) is 32.2 Å².